The van der Waals surface area contributed by atoms with Gasteiger partial charge in [0, 0.05) is 31.0 Å². The number of hydrogen-bond donors (Lipinski definition) is 2. The summed E-state index contributed by atoms with van der Waals surface area (Å²) >= 11 is 0. The normalized spacial score (nSPS) is 18.0. The van der Waals surface area contributed by atoms with Gasteiger partial charge in [-0.2, -0.15) is 0 Å². The molecule has 2 N–H and O–H groups in total. The first-order valence-corrected chi connectivity index (χ1v) is 8.35. The topological polar surface area (TPSA) is 74.4 Å². The summed E-state index contributed by atoms with van der Waals surface area (Å²) in [5.74, 6) is 0. The first kappa shape index (κ1) is 17.5. The molecule has 2 heterocycles. The van der Waals surface area contributed by atoms with Crippen LogP contribution in [-0.4, -0.2) is 41.7 Å². The van der Waals surface area contributed by atoms with E-state index in [1.165, 1.54) is 0 Å². The zero-order valence-electron chi connectivity index (χ0n) is 14.3. The molecule has 2 rings (SSSR count). The van der Waals surface area contributed by atoms with E-state index in [9.17, 15) is 9.59 Å². The molecule has 1 fully saturated rings. The molecule has 1 unspecified atom stereocenters. The number of carbonyl (C=O) groups excluding carboxylic acids is 1. The van der Waals surface area contributed by atoms with Crippen molar-refractivity contribution in [3.05, 3.63) is 33.2 Å². The van der Waals surface area contributed by atoms with Crippen LogP contribution in [0.4, 0.5) is 4.79 Å². The van der Waals surface area contributed by atoms with Crippen LogP contribution in [0.15, 0.2) is 10.9 Å². The van der Waals surface area contributed by atoms with Gasteiger partial charge < -0.3 is 19.9 Å². The lowest BCUT2D eigenvalue weighted by Gasteiger charge is -2.32. The number of ether oxygens (including phenoxy) is 1. The summed E-state index contributed by atoms with van der Waals surface area (Å²) in [6, 6.07) is 1.78. The predicted octanol–water partition coefficient (Wildman–Crippen LogP) is 2.09. The van der Waals surface area contributed by atoms with Crippen molar-refractivity contribution in [2.45, 2.75) is 52.7 Å². The van der Waals surface area contributed by atoms with Gasteiger partial charge in [-0.25, -0.2) is 4.79 Å². The Bertz CT molecular complexity index is 597. The number of hydrogen-bond acceptors (Lipinski definition) is 3. The lowest BCUT2D eigenvalue weighted by Crippen LogP contribution is -2.48. The van der Waals surface area contributed by atoms with Crippen LogP contribution in [0, 0.1) is 13.8 Å². The van der Waals surface area contributed by atoms with Crippen molar-refractivity contribution < 1.29 is 9.53 Å². The Balaban J connectivity index is 1.91. The molecule has 1 saturated heterocycles. The third-order valence-electron chi connectivity index (χ3n) is 4.13. The van der Waals surface area contributed by atoms with E-state index in [0.29, 0.717) is 12.1 Å². The Labute approximate surface area is 137 Å². The molecule has 1 aromatic heterocycles. The quantitative estimate of drug-likeness (QED) is 0.872. The van der Waals surface area contributed by atoms with E-state index >= 15 is 0 Å². The number of carbonyl (C=O) groups is 1. The van der Waals surface area contributed by atoms with Crippen molar-refractivity contribution in [1.29, 1.82) is 0 Å². The number of urea groups is 1. The molecule has 128 valence electrons. The Hall–Kier alpha value is -1.82. The monoisotopic (exact) mass is 321 g/mol. The fourth-order valence-corrected chi connectivity index (χ4v) is 2.92. The molecule has 2 amide bonds. The fraction of sp³-hybridized carbons (Fsp3) is 0.647. The van der Waals surface area contributed by atoms with E-state index in [1.807, 2.05) is 19.9 Å². The SMILES string of the molecule is CCCOC1CCCN(C(=O)NCc2c(C)cc(C)[nH]c2=O)C1. The third-order valence-corrected chi connectivity index (χ3v) is 4.13. The number of piperidine rings is 1. The van der Waals surface area contributed by atoms with Crippen LogP contribution >= 0.6 is 0 Å². The minimum absolute atomic E-state index is 0.124. The number of amides is 2. The number of H-pyrrole nitrogens is 1. The smallest absolute Gasteiger partial charge is 0.317 e. The highest BCUT2D eigenvalue weighted by atomic mass is 16.5. The second kappa shape index (κ2) is 8.15. The highest BCUT2D eigenvalue weighted by molar-refractivity contribution is 5.74. The Morgan fingerprint density at radius 2 is 2.26 bits per heavy atom. The van der Waals surface area contributed by atoms with E-state index in [2.05, 4.69) is 17.2 Å². The molecule has 1 aliphatic rings. The number of pyridine rings is 1. The number of aryl methyl sites for hydroxylation is 2. The third kappa shape index (κ3) is 4.82. The second-order valence-electron chi connectivity index (χ2n) is 6.18. The molecular formula is C17H27N3O3. The van der Waals surface area contributed by atoms with E-state index in [1.54, 1.807) is 4.90 Å². The van der Waals surface area contributed by atoms with Gasteiger partial charge in [0.2, 0.25) is 0 Å². The first-order chi connectivity index (χ1) is 11.0. The van der Waals surface area contributed by atoms with Gasteiger partial charge in [0.1, 0.15) is 0 Å². The van der Waals surface area contributed by atoms with Gasteiger partial charge in [0.15, 0.2) is 0 Å². The fourth-order valence-electron chi connectivity index (χ4n) is 2.92. The van der Waals surface area contributed by atoms with Gasteiger partial charge in [-0.3, -0.25) is 4.79 Å². The van der Waals surface area contributed by atoms with Crippen LogP contribution in [0.5, 0.6) is 0 Å². The number of likely N-dealkylation sites (tertiary alicyclic amines) is 1. The van der Waals surface area contributed by atoms with Crippen molar-refractivity contribution in [2.24, 2.45) is 0 Å². The van der Waals surface area contributed by atoms with Gasteiger partial charge in [-0.1, -0.05) is 6.92 Å². The van der Waals surface area contributed by atoms with Gasteiger partial charge in [-0.05, 0) is 44.7 Å². The van der Waals surface area contributed by atoms with Gasteiger partial charge in [0.05, 0.1) is 12.6 Å². The van der Waals surface area contributed by atoms with Gasteiger partial charge >= 0.3 is 6.03 Å². The molecule has 0 bridgehead atoms. The summed E-state index contributed by atoms with van der Waals surface area (Å²) in [6.45, 7) is 8.15. The summed E-state index contributed by atoms with van der Waals surface area (Å²) in [6.07, 6.45) is 3.06. The van der Waals surface area contributed by atoms with Gasteiger partial charge in [0.25, 0.3) is 5.56 Å². The summed E-state index contributed by atoms with van der Waals surface area (Å²) in [7, 11) is 0. The maximum atomic E-state index is 12.3. The lowest BCUT2D eigenvalue weighted by atomic mass is 10.1. The standard InChI is InChI=1S/C17H27N3O3/c1-4-8-23-14-6-5-7-20(11-14)17(22)18-10-15-12(2)9-13(3)19-16(15)21/h9,14H,4-8,10-11H2,1-3H3,(H,18,22)(H,19,21). The lowest BCUT2D eigenvalue weighted by molar-refractivity contribution is 0.0100. The number of nitrogens with one attached hydrogen (secondary N) is 2. The molecular weight excluding hydrogens is 294 g/mol. The molecule has 0 spiro atoms. The molecule has 6 nitrogen and oxygen atoms in total. The molecule has 0 radical (unpaired) electrons. The maximum absolute atomic E-state index is 12.3. The average molecular weight is 321 g/mol. The van der Waals surface area contributed by atoms with Gasteiger partial charge in [-0.15, -0.1) is 0 Å². The zero-order chi connectivity index (χ0) is 16.8. The van der Waals surface area contributed by atoms with E-state index < -0.39 is 0 Å². The summed E-state index contributed by atoms with van der Waals surface area (Å²) < 4.78 is 5.75. The van der Waals surface area contributed by atoms with Crippen LogP contribution in [0.2, 0.25) is 0 Å². The number of aromatic amines is 1. The maximum Gasteiger partial charge on any atom is 0.317 e. The van der Waals surface area contributed by atoms with Crippen molar-refractivity contribution in [2.75, 3.05) is 19.7 Å². The van der Waals surface area contributed by atoms with E-state index in [4.69, 9.17) is 4.74 Å². The Kier molecular flexibility index (Phi) is 6.21. The van der Waals surface area contributed by atoms with Crippen LogP contribution < -0.4 is 10.9 Å². The summed E-state index contributed by atoms with van der Waals surface area (Å²) in [5.41, 5.74) is 2.20. The van der Waals surface area contributed by atoms with Crippen molar-refractivity contribution in [3.63, 3.8) is 0 Å². The Morgan fingerprint density at radius 1 is 1.48 bits per heavy atom. The van der Waals surface area contributed by atoms with Crippen molar-refractivity contribution >= 4 is 6.03 Å². The first-order valence-electron chi connectivity index (χ1n) is 8.35. The van der Waals surface area contributed by atoms with Crippen LogP contribution in [0.1, 0.15) is 43.0 Å². The molecule has 0 aliphatic carbocycles. The molecule has 1 atom stereocenters. The minimum Gasteiger partial charge on any atom is -0.376 e. The second-order valence-corrected chi connectivity index (χ2v) is 6.18. The molecule has 1 aliphatic heterocycles. The number of rotatable bonds is 5. The molecule has 0 aromatic carbocycles. The van der Waals surface area contributed by atoms with Crippen LogP contribution in [0.3, 0.4) is 0 Å². The predicted molar refractivity (Wildman–Crippen MR) is 89.6 cm³/mol. The largest absolute Gasteiger partial charge is 0.376 e. The number of aromatic nitrogens is 1. The highest BCUT2D eigenvalue weighted by Gasteiger charge is 2.24. The minimum atomic E-state index is -0.134. The Morgan fingerprint density at radius 3 is 2.96 bits per heavy atom. The van der Waals surface area contributed by atoms with E-state index in [-0.39, 0.29) is 24.2 Å². The zero-order valence-corrected chi connectivity index (χ0v) is 14.3. The highest BCUT2D eigenvalue weighted by Crippen LogP contribution is 2.14. The van der Waals surface area contributed by atoms with Crippen LogP contribution in [-0.2, 0) is 11.3 Å². The molecule has 1 aromatic rings. The van der Waals surface area contributed by atoms with Crippen molar-refractivity contribution in [3.8, 4) is 0 Å². The van der Waals surface area contributed by atoms with Crippen molar-refractivity contribution in [1.82, 2.24) is 15.2 Å². The van der Waals surface area contributed by atoms with Crippen LogP contribution in [0.25, 0.3) is 0 Å². The molecule has 6 heteroatoms. The van der Waals surface area contributed by atoms with E-state index in [0.717, 1.165) is 43.7 Å². The summed E-state index contributed by atoms with van der Waals surface area (Å²) in [4.78, 5) is 28.9. The summed E-state index contributed by atoms with van der Waals surface area (Å²) in [5, 5.41) is 2.86. The molecule has 0 saturated carbocycles. The average Bonchev–Trinajstić information content (AvgIpc) is 2.52. The molecule has 23 heavy (non-hydrogen) atoms. The number of nitrogens with zero attached hydrogens (tertiary/aromatic N) is 1.